The molecule has 4 rings (SSSR count). The molecule has 0 aliphatic heterocycles. The van der Waals surface area contributed by atoms with Crippen LogP contribution in [0.25, 0.3) is 0 Å². The molecule has 4 nitrogen and oxygen atoms in total. The predicted molar refractivity (Wildman–Crippen MR) is 139 cm³/mol. The molecule has 2 aromatic heterocycles. The average molecular weight is 520 g/mol. The molecule has 0 fully saturated rings. The maximum absolute atomic E-state index is 4.44. The molecule has 7 heteroatoms. The monoisotopic (exact) mass is 519 g/mol. The van der Waals surface area contributed by atoms with Crippen molar-refractivity contribution in [2.24, 2.45) is 9.98 Å². The van der Waals surface area contributed by atoms with Gasteiger partial charge in [0.2, 0.25) is 0 Å². The van der Waals surface area contributed by atoms with Gasteiger partial charge in [-0.2, -0.15) is 0 Å². The summed E-state index contributed by atoms with van der Waals surface area (Å²) in [5.41, 5.74) is 3.72. The van der Waals surface area contributed by atoms with Crippen LogP contribution in [0.1, 0.15) is 11.4 Å². The molecule has 0 unspecified atom stereocenters. The van der Waals surface area contributed by atoms with Gasteiger partial charge < -0.3 is 0 Å². The second-order valence-electron chi connectivity index (χ2n) is 6.37. The Kier molecular flexibility index (Phi) is 12.2. The van der Waals surface area contributed by atoms with Crippen molar-refractivity contribution in [2.75, 3.05) is 12.5 Å². The van der Waals surface area contributed by atoms with Crippen LogP contribution in [0.4, 0.5) is 11.4 Å². The Morgan fingerprint density at radius 3 is 1.33 bits per heavy atom. The number of para-hydroxylation sites is 2. The smallest absolute Gasteiger partial charge is 0.255 e. The fraction of sp³-hybridized carbons (Fsp3) is 0.0769. The Hall–Kier alpha value is -2.70. The SMILES string of the molecule is CSc1ccccc1N=Cc1ccccn1.CSc1ccccc1N=Cc1ccccn1.[Cu+2]. The number of benzene rings is 2. The first-order valence-corrected chi connectivity index (χ1v) is 12.4. The van der Waals surface area contributed by atoms with Gasteiger partial charge in [-0.1, -0.05) is 36.4 Å². The number of hydrogen-bond acceptors (Lipinski definition) is 6. The topological polar surface area (TPSA) is 50.5 Å². The molecule has 1 radical (unpaired) electrons. The van der Waals surface area contributed by atoms with E-state index < -0.39 is 0 Å². The van der Waals surface area contributed by atoms with Crippen molar-refractivity contribution in [3.05, 3.63) is 109 Å². The molecule has 4 aromatic rings. The zero-order chi connectivity index (χ0) is 22.4. The summed E-state index contributed by atoms with van der Waals surface area (Å²) in [5, 5.41) is 0. The Bertz CT molecular complexity index is 1060. The summed E-state index contributed by atoms with van der Waals surface area (Å²) in [6.45, 7) is 0. The van der Waals surface area contributed by atoms with E-state index in [2.05, 4.69) is 44.6 Å². The van der Waals surface area contributed by atoms with Gasteiger partial charge in [0.25, 0.3) is 0 Å². The van der Waals surface area contributed by atoms with Crippen molar-refractivity contribution in [3.63, 3.8) is 0 Å². The van der Waals surface area contributed by atoms with Gasteiger partial charge in [0.05, 0.1) is 35.2 Å². The molecule has 0 N–H and O–H groups in total. The van der Waals surface area contributed by atoms with E-state index in [-0.39, 0.29) is 17.1 Å². The van der Waals surface area contributed by atoms with Gasteiger partial charge >= 0.3 is 17.1 Å². The molecule has 0 saturated heterocycles. The number of nitrogens with zero attached hydrogens (tertiary/aromatic N) is 4. The molecule has 0 amide bonds. The second-order valence-corrected chi connectivity index (χ2v) is 8.07. The van der Waals surface area contributed by atoms with E-state index >= 15 is 0 Å². The molecule has 33 heavy (non-hydrogen) atoms. The van der Waals surface area contributed by atoms with Crippen LogP contribution in [-0.4, -0.2) is 34.9 Å². The normalized spacial score (nSPS) is 10.5. The summed E-state index contributed by atoms with van der Waals surface area (Å²) >= 11 is 3.39. The average Bonchev–Trinajstić information content (AvgIpc) is 2.88. The minimum absolute atomic E-state index is 0. The van der Waals surface area contributed by atoms with Gasteiger partial charge in [0, 0.05) is 22.2 Å². The Labute approximate surface area is 214 Å². The molecule has 0 saturated carbocycles. The number of aromatic nitrogens is 2. The molecule has 0 bridgehead atoms. The molecular formula is C26H24CuN4S2+2. The third-order valence-electron chi connectivity index (χ3n) is 4.22. The summed E-state index contributed by atoms with van der Waals surface area (Å²) < 4.78 is 0. The number of pyridine rings is 2. The molecule has 0 aliphatic carbocycles. The maximum atomic E-state index is 4.44. The number of hydrogen-bond donors (Lipinski definition) is 0. The summed E-state index contributed by atoms with van der Waals surface area (Å²) in [6, 6.07) is 27.7. The standard InChI is InChI=1S/2C13H12N2S.Cu/c2*1-16-13-8-3-2-7-12(13)15-10-11-6-4-5-9-14-11;/h2*2-10H,1H3;/q;;+2. The summed E-state index contributed by atoms with van der Waals surface area (Å²) in [7, 11) is 0. The van der Waals surface area contributed by atoms with Gasteiger partial charge in [-0.25, -0.2) is 0 Å². The van der Waals surface area contributed by atoms with Crippen LogP contribution < -0.4 is 0 Å². The van der Waals surface area contributed by atoms with E-state index in [0.717, 1.165) is 22.8 Å². The van der Waals surface area contributed by atoms with E-state index in [0.29, 0.717) is 0 Å². The van der Waals surface area contributed by atoms with Crippen molar-refractivity contribution in [1.82, 2.24) is 9.97 Å². The van der Waals surface area contributed by atoms with Crippen molar-refractivity contribution < 1.29 is 17.1 Å². The van der Waals surface area contributed by atoms with Crippen LogP contribution in [-0.2, 0) is 17.1 Å². The fourth-order valence-electron chi connectivity index (χ4n) is 2.65. The van der Waals surface area contributed by atoms with Gasteiger partial charge in [-0.05, 0) is 61.0 Å². The van der Waals surface area contributed by atoms with Crippen LogP contribution in [0.2, 0.25) is 0 Å². The fourth-order valence-corrected chi connectivity index (χ4v) is 3.74. The molecule has 169 valence electrons. The van der Waals surface area contributed by atoms with E-state index in [4.69, 9.17) is 0 Å². The molecule has 2 heterocycles. The maximum Gasteiger partial charge on any atom is 2.00 e. The first-order valence-electron chi connectivity index (χ1n) is 9.96. The van der Waals surface area contributed by atoms with Gasteiger partial charge in [0.1, 0.15) is 0 Å². The first-order chi connectivity index (χ1) is 15.8. The van der Waals surface area contributed by atoms with Gasteiger partial charge in [-0.3, -0.25) is 20.0 Å². The molecule has 2 aromatic carbocycles. The van der Waals surface area contributed by atoms with Crippen LogP contribution >= 0.6 is 23.5 Å². The largest absolute Gasteiger partial charge is 2.00 e. The molecule has 0 spiro atoms. The Morgan fingerprint density at radius 1 is 0.576 bits per heavy atom. The third-order valence-corrected chi connectivity index (χ3v) is 5.79. The summed E-state index contributed by atoms with van der Waals surface area (Å²) in [6.07, 6.45) is 11.2. The van der Waals surface area contributed by atoms with Crippen molar-refractivity contribution in [2.45, 2.75) is 9.79 Å². The minimum Gasteiger partial charge on any atom is -0.255 e. The van der Waals surface area contributed by atoms with Crippen molar-refractivity contribution in [1.29, 1.82) is 0 Å². The van der Waals surface area contributed by atoms with Crippen LogP contribution in [0, 0.1) is 0 Å². The van der Waals surface area contributed by atoms with E-state index in [1.165, 1.54) is 9.79 Å². The molecule has 0 atom stereocenters. The van der Waals surface area contributed by atoms with Crippen LogP contribution in [0.3, 0.4) is 0 Å². The van der Waals surface area contributed by atoms with Crippen LogP contribution in [0.5, 0.6) is 0 Å². The molecular weight excluding hydrogens is 496 g/mol. The predicted octanol–water partition coefficient (Wildman–Crippen LogP) is 7.11. The van der Waals surface area contributed by atoms with Gasteiger partial charge in [0.15, 0.2) is 0 Å². The third kappa shape index (κ3) is 8.98. The Balaban J connectivity index is 0.000000227. The quantitative estimate of drug-likeness (QED) is 0.155. The van der Waals surface area contributed by atoms with E-state index in [9.17, 15) is 0 Å². The number of rotatable bonds is 6. The van der Waals surface area contributed by atoms with E-state index in [1.54, 1.807) is 48.3 Å². The van der Waals surface area contributed by atoms with Gasteiger partial charge in [-0.15, -0.1) is 23.5 Å². The van der Waals surface area contributed by atoms with Crippen molar-refractivity contribution >= 4 is 47.3 Å². The van der Waals surface area contributed by atoms with Crippen molar-refractivity contribution in [3.8, 4) is 0 Å². The molecule has 0 aliphatic rings. The zero-order valence-corrected chi connectivity index (χ0v) is 20.9. The summed E-state index contributed by atoms with van der Waals surface area (Å²) in [5.74, 6) is 0. The Morgan fingerprint density at radius 2 is 0.970 bits per heavy atom. The zero-order valence-electron chi connectivity index (χ0n) is 18.3. The number of thioether (sulfide) groups is 2. The van der Waals surface area contributed by atoms with E-state index in [1.807, 2.05) is 72.8 Å². The summed E-state index contributed by atoms with van der Waals surface area (Å²) in [4.78, 5) is 19.6. The second kappa shape index (κ2) is 15.2. The minimum atomic E-state index is 0. The number of aliphatic imine (C=N–C) groups is 2. The van der Waals surface area contributed by atoms with Crippen LogP contribution in [0.15, 0.2) is 117 Å². The first kappa shape index (κ1) is 26.6.